The van der Waals surface area contributed by atoms with Crippen LogP contribution >= 0.6 is 35.0 Å². The van der Waals surface area contributed by atoms with Crippen molar-refractivity contribution in [2.24, 2.45) is 17.3 Å². The summed E-state index contributed by atoms with van der Waals surface area (Å²) in [5.74, 6) is 0.775. The fraction of sp³-hybridized carbons (Fsp3) is 0.619. The van der Waals surface area contributed by atoms with Crippen LogP contribution in [0.4, 0.5) is 5.69 Å². The Labute approximate surface area is 177 Å². The summed E-state index contributed by atoms with van der Waals surface area (Å²) in [6, 6.07) is 3.30. The molecule has 1 aliphatic carbocycles. The number of anilines is 1. The molecule has 1 N–H and O–H groups in total. The smallest absolute Gasteiger partial charge is 0.227 e. The van der Waals surface area contributed by atoms with Crippen molar-refractivity contribution in [3.8, 4) is 0 Å². The molecule has 150 valence electrons. The van der Waals surface area contributed by atoms with Crippen LogP contribution in [0.1, 0.15) is 66.2 Å². The van der Waals surface area contributed by atoms with Gasteiger partial charge in [-0.15, -0.1) is 0 Å². The molecule has 0 aliphatic heterocycles. The molecule has 1 aromatic rings. The maximum atomic E-state index is 12.8. The van der Waals surface area contributed by atoms with E-state index in [9.17, 15) is 9.59 Å². The highest BCUT2D eigenvalue weighted by molar-refractivity contribution is 8.13. The predicted molar refractivity (Wildman–Crippen MR) is 116 cm³/mol. The number of thioether (sulfide) groups is 1. The summed E-state index contributed by atoms with van der Waals surface area (Å²) in [5.41, 5.74) is 0.0723. The number of hydrogen-bond acceptors (Lipinski definition) is 3. The summed E-state index contributed by atoms with van der Waals surface area (Å²) >= 11 is 13.4. The quantitative estimate of drug-likeness (QED) is 0.502. The van der Waals surface area contributed by atoms with Crippen molar-refractivity contribution in [1.29, 1.82) is 0 Å². The van der Waals surface area contributed by atoms with E-state index >= 15 is 0 Å². The highest BCUT2D eigenvalue weighted by Crippen LogP contribution is 2.39. The van der Waals surface area contributed by atoms with E-state index in [1.54, 1.807) is 12.1 Å². The van der Waals surface area contributed by atoms with Gasteiger partial charge in [-0.25, -0.2) is 0 Å². The Balaban J connectivity index is 2.12. The van der Waals surface area contributed by atoms with Gasteiger partial charge in [-0.1, -0.05) is 63.7 Å². The van der Waals surface area contributed by atoms with E-state index in [0.717, 1.165) is 43.4 Å². The molecule has 0 radical (unpaired) electrons. The van der Waals surface area contributed by atoms with Gasteiger partial charge in [0.25, 0.3) is 0 Å². The molecule has 0 atom stereocenters. The molecule has 1 aliphatic rings. The van der Waals surface area contributed by atoms with Crippen LogP contribution in [0.3, 0.4) is 0 Å². The van der Waals surface area contributed by atoms with Gasteiger partial charge in [-0.3, -0.25) is 9.59 Å². The van der Waals surface area contributed by atoms with Crippen molar-refractivity contribution >= 4 is 51.7 Å². The number of halogens is 2. The zero-order valence-corrected chi connectivity index (χ0v) is 18.9. The van der Waals surface area contributed by atoms with Crippen molar-refractivity contribution < 1.29 is 9.59 Å². The van der Waals surface area contributed by atoms with Gasteiger partial charge >= 0.3 is 0 Å². The van der Waals surface area contributed by atoms with Gasteiger partial charge in [0.15, 0.2) is 5.12 Å². The lowest BCUT2D eigenvalue weighted by molar-refractivity contribution is -0.121. The highest BCUT2D eigenvalue weighted by Gasteiger charge is 2.28. The number of carbonyl (C=O) groups excluding carboxylic acids is 2. The molecule has 0 unspecified atom stereocenters. The molecule has 6 heteroatoms. The average molecular weight is 430 g/mol. The Morgan fingerprint density at radius 2 is 1.70 bits per heavy atom. The zero-order chi connectivity index (χ0) is 20.2. The van der Waals surface area contributed by atoms with E-state index < -0.39 is 5.41 Å². The molecular weight excluding hydrogens is 401 g/mol. The van der Waals surface area contributed by atoms with Crippen LogP contribution in [0, 0.1) is 17.3 Å². The van der Waals surface area contributed by atoms with Gasteiger partial charge in [0.1, 0.15) is 0 Å². The molecule has 1 aromatic carbocycles. The van der Waals surface area contributed by atoms with Crippen molar-refractivity contribution in [1.82, 2.24) is 0 Å². The van der Waals surface area contributed by atoms with Gasteiger partial charge in [0.2, 0.25) is 5.91 Å². The summed E-state index contributed by atoms with van der Waals surface area (Å²) in [7, 11) is 0. The maximum absolute atomic E-state index is 12.8. The fourth-order valence-electron chi connectivity index (χ4n) is 3.32. The Hall–Kier alpha value is -0.710. The monoisotopic (exact) mass is 429 g/mol. The predicted octanol–water partition coefficient (Wildman–Crippen LogP) is 7.20. The molecule has 1 amide bonds. The molecular formula is C21H29Cl2NO2S. The molecule has 3 nitrogen and oxygen atoms in total. The molecule has 0 heterocycles. The fourth-order valence-corrected chi connectivity index (χ4v) is 4.61. The van der Waals surface area contributed by atoms with Crippen molar-refractivity contribution in [2.45, 2.75) is 71.1 Å². The average Bonchev–Trinajstić information content (AvgIpc) is 2.59. The third-order valence-corrected chi connectivity index (χ3v) is 7.09. The number of rotatable bonds is 5. The first-order valence-electron chi connectivity index (χ1n) is 9.64. The number of hydrogen-bond donors (Lipinski definition) is 1. The normalized spacial score (nSPS) is 20.4. The minimum Gasteiger partial charge on any atom is -0.325 e. The van der Waals surface area contributed by atoms with Gasteiger partial charge in [0.05, 0.1) is 15.7 Å². The number of benzene rings is 1. The largest absolute Gasteiger partial charge is 0.325 e. The van der Waals surface area contributed by atoms with Crippen LogP contribution in [0.5, 0.6) is 0 Å². The first-order valence-corrected chi connectivity index (χ1v) is 11.2. The van der Waals surface area contributed by atoms with Crippen LogP contribution in [-0.2, 0) is 9.59 Å². The highest BCUT2D eigenvalue weighted by atomic mass is 35.5. The van der Waals surface area contributed by atoms with Crippen molar-refractivity contribution in [2.75, 3.05) is 5.32 Å². The van der Waals surface area contributed by atoms with Gasteiger partial charge in [0, 0.05) is 16.2 Å². The lowest BCUT2D eigenvalue weighted by Gasteiger charge is -2.28. The SMILES string of the molecule is CCC[C@H]1CC[C@H](C(=O)Nc2cc(Cl)c(Cl)cc2SC(=O)C(C)(C)C)CC1. The Kier molecular flexibility index (Phi) is 8.08. The minimum absolute atomic E-state index is 0.00777. The van der Waals surface area contributed by atoms with E-state index in [1.807, 2.05) is 20.8 Å². The summed E-state index contributed by atoms with van der Waals surface area (Å²) in [5, 5.41) is 3.75. The number of carbonyl (C=O) groups is 2. The van der Waals surface area contributed by atoms with Crippen LogP contribution in [0.15, 0.2) is 17.0 Å². The molecule has 27 heavy (non-hydrogen) atoms. The van der Waals surface area contributed by atoms with Gasteiger partial charge in [-0.05, 0) is 55.5 Å². The molecule has 0 saturated heterocycles. The van der Waals surface area contributed by atoms with Crippen LogP contribution in [-0.4, -0.2) is 11.0 Å². The molecule has 2 rings (SSSR count). The van der Waals surface area contributed by atoms with Crippen LogP contribution in [0.2, 0.25) is 10.0 Å². The van der Waals surface area contributed by atoms with Gasteiger partial charge in [-0.2, -0.15) is 0 Å². The number of amides is 1. The lowest BCUT2D eigenvalue weighted by Crippen LogP contribution is -2.27. The first-order chi connectivity index (χ1) is 12.6. The van der Waals surface area contributed by atoms with E-state index in [0.29, 0.717) is 20.6 Å². The second-order valence-electron chi connectivity index (χ2n) is 8.40. The minimum atomic E-state index is -0.490. The van der Waals surface area contributed by atoms with Gasteiger partial charge < -0.3 is 5.32 Å². The molecule has 0 spiro atoms. The maximum Gasteiger partial charge on any atom is 0.227 e. The van der Waals surface area contributed by atoms with Crippen molar-refractivity contribution in [3.63, 3.8) is 0 Å². The molecule has 0 aromatic heterocycles. The van der Waals surface area contributed by atoms with E-state index in [4.69, 9.17) is 23.2 Å². The standard InChI is InChI=1S/C21H29Cl2NO2S/c1-5-6-13-7-9-14(10-8-13)19(25)24-17-11-15(22)16(23)12-18(17)27-20(26)21(2,3)4/h11-14H,5-10H2,1-4H3,(H,24,25)/t13-,14-. The molecule has 1 saturated carbocycles. The van der Waals surface area contributed by atoms with E-state index in [1.165, 1.54) is 12.8 Å². The second kappa shape index (κ2) is 9.67. The Morgan fingerprint density at radius 1 is 1.11 bits per heavy atom. The summed E-state index contributed by atoms with van der Waals surface area (Å²) in [6.45, 7) is 7.81. The van der Waals surface area contributed by atoms with Crippen LogP contribution < -0.4 is 5.32 Å². The number of nitrogens with one attached hydrogen (secondary N) is 1. The Morgan fingerprint density at radius 3 is 2.26 bits per heavy atom. The van der Waals surface area contributed by atoms with Crippen LogP contribution in [0.25, 0.3) is 0 Å². The summed E-state index contributed by atoms with van der Waals surface area (Å²) in [4.78, 5) is 25.9. The summed E-state index contributed by atoms with van der Waals surface area (Å²) < 4.78 is 0. The third kappa shape index (κ3) is 6.40. The topological polar surface area (TPSA) is 46.2 Å². The van der Waals surface area contributed by atoms with Crippen molar-refractivity contribution in [3.05, 3.63) is 22.2 Å². The third-order valence-electron chi connectivity index (χ3n) is 5.01. The second-order valence-corrected chi connectivity index (χ2v) is 10.2. The first kappa shape index (κ1) is 22.6. The zero-order valence-electron chi connectivity index (χ0n) is 16.5. The van der Waals surface area contributed by atoms with E-state index in [2.05, 4.69) is 12.2 Å². The summed E-state index contributed by atoms with van der Waals surface area (Å²) in [6.07, 6.45) is 6.50. The Bertz CT molecular complexity index is 692. The molecule has 0 bridgehead atoms. The van der Waals surface area contributed by atoms with E-state index in [-0.39, 0.29) is 16.9 Å². The molecule has 1 fully saturated rings. The lowest BCUT2D eigenvalue weighted by atomic mass is 9.80.